The molecule has 2 N–H and O–H groups in total. The largest absolute Gasteiger partial charge is 0.378 e. The lowest BCUT2D eigenvalue weighted by Gasteiger charge is -2.23. The Labute approximate surface area is 132 Å². The van der Waals surface area contributed by atoms with E-state index >= 15 is 0 Å². The van der Waals surface area contributed by atoms with Crippen LogP contribution in [0, 0.1) is 0 Å². The molecule has 1 unspecified atom stereocenters. The summed E-state index contributed by atoms with van der Waals surface area (Å²) in [6.07, 6.45) is 5.19. The van der Waals surface area contributed by atoms with Gasteiger partial charge < -0.3 is 15.4 Å². The molecule has 2 saturated heterocycles. The average molecular weight is 302 g/mol. The zero-order valence-electron chi connectivity index (χ0n) is 13.1. The number of ether oxygens (including phenoxy) is 1. The molecule has 0 radical (unpaired) electrons. The van der Waals surface area contributed by atoms with Crippen molar-refractivity contribution in [3.8, 4) is 0 Å². The molecule has 0 spiro atoms. The first-order valence-electron chi connectivity index (χ1n) is 8.44. The molecule has 22 heavy (non-hydrogen) atoms. The smallest absolute Gasteiger partial charge is 0.222 e. The van der Waals surface area contributed by atoms with Crippen molar-refractivity contribution in [2.24, 2.45) is 5.73 Å². The fourth-order valence-corrected chi connectivity index (χ4v) is 3.56. The predicted octanol–water partition coefficient (Wildman–Crippen LogP) is 2.29. The highest BCUT2D eigenvalue weighted by atomic mass is 16.5. The van der Waals surface area contributed by atoms with Crippen molar-refractivity contribution in [1.29, 1.82) is 0 Å². The number of nitrogens with zero attached hydrogens (tertiary/aromatic N) is 1. The fourth-order valence-electron chi connectivity index (χ4n) is 3.56. The standard InChI is InChI=1S/C18H26N2O2/c19-17-13-20(12-16(17)14-6-2-1-3-7-14)18(21)10-9-15-8-4-5-11-22-15/h1-3,6-7,15-17H,4-5,8-13,19H2/t15?,16-,17+/m0/s1. The van der Waals surface area contributed by atoms with Gasteiger partial charge in [-0.15, -0.1) is 0 Å². The van der Waals surface area contributed by atoms with Gasteiger partial charge in [-0.05, 0) is 31.2 Å². The van der Waals surface area contributed by atoms with Crippen molar-refractivity contribution >= 4 is 5.91 Å². The van der Waals surface area contributed by atoms with Crippen LogP contribution in [-0.4, -0.2) is 42.6 Å². The maximum atomic E-state index is 12.4. The Hall–Kier alpha value is -1.39. The summed E-state index contributed by atoms with van der Waals surface area (Å²) in [7, 11) is 0. The normalized spacial score (nSPS) is 28.8. The molecule has 0 aliphatic carbocycles. The molecule has 4 nitrogen and oxygen atoms in total. The molecule has 120 valence electrons. The number of hydrogen-bond acceptors (Lipinski definition) is 3. The van der Waals surface area contributed by atoms with E-state index in [4.69, 9.17) is 10.5 Å². The van der Waals surface area contributed by atoms with Crippen LogP contribution in [0.2, 0.25) is 0 Å². The first kappa shape index (κ1) is 15.5. The number of benzene rings is 1. The molecule has 2 fully saturated rings. The SMILES string of the molecule is N[C@@H]1CN(C(=O)CCC2CCCCO2)C[C@H]1c1ccccc1. The Morgan fingerprint density at radius 3 is 2.77 bits per heavy atom. The van der Waals surface area contributed by atoms with Crippen molar-refractivity contribution in [3.05, 3.63) is 35.9 Å². The van der Waals surface area contributed by atoms with Crippen LogP contribution < -0.4 is 5.73 Å². The number of rotatable bonds is 4. The number of carbonyl (C=O) groups excluding carboxylic acids is 1. The highest BCUT2D eigenvalue weighted by Crippen LogP contribution is 2.27. The number of hydrogen-bond donors (Lipinski definition) is 1. The number of carbonyl (C=O) groups is 1. The van der Waals surface area contributed by atoms with Gasteiger partial charge in [0.25, 0.3) is 0 Å². The molecule has 2 aliphatic rings. The lowest BCUT2D eigenvalue weighted by molar-refractivity contribution is -0.131. The first-order chi connectivity index (χ1) is 10.7. The topological polar surface area (TPSA) is 55.6 Å². The Morgan fingerprint density at radius 2 is 2.05 bits per heavy atom. The summed E-state index contributed by atoms with van der Waals surface area (Å²) in [5.41, 5.74) is 7.50. The average Bonchev–Trinajstić information content (AvgIpc) is 2.96. The molecule has 2 heterocycles. The summed E-state index contributed by atoms with van der Waals surface area (Å²) in [6.45, 7) is 2.27. The zero-order valence-corrected chi connectivity index (χ0v) is 13.1. The van der Waals surface area contributed by atoms with Crippen molar-refractivity contribution in [2.45, 2.75) is 50.2 Å². The second-order valence-corrected chi connectivity index (χ2v) is 6.51. The van der Waals surface area contributed by atoms with E-state index in [1.807, 2.05) is 23.1 Å². The van der Waals surface area contributed by atoms with Gasteiger partial charge >= 0.3 is 0 Å². The summed E-state index contributed by atoms with van der Waals surface area (Å²) < 4.78 is 5.71. The van der Waals surface area contributed by atoms with Crippen LogP contribution in [0.15, 0.2) is 30.3 Å². The molecule has 2 aliphatic heterocycles. The zero-order chi connectivity index (χ0) is 15.4. The Kier molecular flexibility index (Phi) is 5.11. The van der Waals surface area contributed by atoms with Gasteiger partial charge in [-0.25, -0.2) is 0 Å². The Morgan fingerprint density at radius 1 is 1.23 bits per heavy atom. The maximum Gasteiger partial charge on any atom is 0.222 e. The van der Waals surface area contributed by atoms with Gasteiger partial charge in [0.15, 0.2) is 0 Å². The molecule has 3 rings (SSSR count). The van der Waals surface area contributed by atoms with Gasteiger partial charge in [-0.1, -0.05) is 30.3 Å². The minimum Gasteiger partial charge on any atom is -0.378 e. The summed E-state index contributed by atoms with van der Waals surface area (Å²) in [6, 6.07) is 10.3. The van der Waals surface area contributed by atoms with E-state index < -0.39 is 0 Å². The van der Waals surface area contributed by atoms with E-state index in [2.05, 4.69) is 12.1 Å². The summed E-state index contributed by atoms with van der Waals surface area (Å²) in [5, 5.41) is 0. The van der Waals surface area contributed by atoms with E-state index in [0.717, 1.165) is 32.4 Å². The van der Waals surface area contributed by atoms with Gasteiger partial charge in [0.2, 0.25) is 5.91 Å². The van der Waals surface area contributed by atoms with Crippen molar-refractivity contribution in [3.63, 3.8) is 0 Å². The Bertz CT molecular complexity index is 485. The van der Waals surface area contributed by atoms with Crippen LogP contribution in [0.5, 0.6) is 0 Å². The van der Waals surface area contributed by atoms with E-state index in [9.17, 15) is 4.79 Å². The molecule has 3 atom stereocenters. The number of amides is 1. The third kappa shape index (κ3) is 3.68. The quantitative estimate of drug-likeness (QED) is 0.928. The first-order valence-corrected chi connectivity index (χ1v) is 8.44. The van der Waals surface area contributed by atoms with Gasteiger partial charge in [-0.3, -0.25) is 4.79 Å². The van der Waals surface area contributed by atoms with Crippen LogP contribution in [0.1, 0.15) is 43.6 Å². The Balaban J connectivity index is 1.51. The predicted molar refractivity (Wildman–Crippen MR) is 86.6 cm³/mol. The molecule has 4 heteroatoms. The monoisotopic (exact) mass is 302 g/mol. The minimum atomic E-state index is 0.0391. The van der Waals surface area contributed by atoms with Gasteiger partial charge in [0.1, 0.15) is 0 Å². The highest BCUT2D eigenvalue weighted by Gasteiger charge is 2.33. The number of nitrogens with two attached hydrogens (primary N) is 1. The third-order valence-electron chi connectivity index (χ3n) is 4.90. The fraction of sp³-hybridized carbons (Fsp3) is 0.611. The van der Waals surface area contributed by atoms with Crippen LogP contribution in [-0.2, 0) is 9.53 Å². The van der Waals surface area contributed by atoms with E-state index in [-0.39, 0.29) is 24.0 Å². The lowest BCUT2D eigenvalue weighted by Crippen LogP contribution is -2.33. The molecule has 0 saturated carbocycles. The molecular weight excluding hydrogens is 276 g/mol. The van der Waals surface area contributed by atoms with Crippen LogP contribution in [0.3, 0.4) is 0 Å². The second kappa shape index (κ2) is 7.25. The van der Waals surface area contributed by atoms with Gasteiger partial charge in [0.05, 0.1) is 6.10 Å². The van der Waals surface area contributed by atoms with Crippen LogP contribution in [0.25, 0.3) is 0 Å². The number of likely N-dealkylation sites (tertiary alicyclic amines) is 1. The van der Waals surface area contributed by atoms with Crippen molar-refractivity contribution < 1.29 is 9.53 Å². The minimum absolute atomic E-state index is 0.0391. The summed E-state index contributed by atoms with van der Waals surface area (Å²) >= 11 is 0. The molecular formula is C18H26N2O2. The summed E-state index contributed by atoms with van der Waals surface area (Å²) in [4.78, 5) is 14.4. The molecule has 0 aromatic heterocycles. The van der Waals surface area contributed by atoms with Crippen molar-refractivity contribution in [2.75, 3.05) is 19.7 Å². The lowest BCUT2D eigenvalue weighted by atomic mass is 9.95. The summed E-state index contributed by atoms with van der Waals surface area (Å²) in [5.74, 6) is 0.485. The molecule has 1 aromatic carbocycles. The van der Waals surface area contributed by atoms with Gasteiger partial charge in [0, 0.05) is 38.1 Å². The highest BCUT2D eigenvalue weighted by molar-refractivity contribution is 5.76. The van der Waals surface area contributed by atoms with E-state index in [1.54, 1.807) is 0 Å². The maximum absolute atomic E-state index is 12.4. The molecule has 0 bridgehead atoms. The van der Waals surface area contributed by atoms with Crippen LogP contribution >= 0.6 is 0 Å². The van der Waals surface area contributed by atoms with Crippen molar-refractivity contribution in [1.82, 2.24) is 4.90 Å². The van der Waals surface area contributed by atoms with E-state index in [1.165, 1.54) is 12.0 Å². The van der Waals surface area contributed by atoms with Crippen LogP contribution in [0.4, 0.5) is 0 Å². The van der Waals surface area contributed by atoms with Gasteiger partial charge in [-0.2, -0.15) is 0 Å². The molecule has 1 amide bonds. The third-order valence-corrected chi connectivity index (χ3v) is 4.90. The van der Waals surface area contributed by atoms with E-state index in [0.29, 0.717) is 13.0 Å². The second-order valence-electron chi connectivity index (χ2n) is 6.51. The molecule has 1 aromatic rings.